The molecule has 34 heavy (non-hydrogen) atoms. The Hall–Kier alpha value is -1.82. The molecule has 2 N–H and O–H groups in total. The Morgan fingerprint density at radius 3 is 2.71 bits per heavy atom. The normalized spacial score (nSPS) is 21.4. The van der Waals surface area contributed by atoms with E-state index in [9.17, 15) is 9.59 Å². The van der Waals surface area contributed by atoms with Crippen LogP contribution in [0.25, 0.3) is 0 Å². The number of ether oxygens (including phenoxy) is 1. The molecule has 188 valence electrons. The van der Waals surface area contributed by atoms with Crippen LogP contribution in [0, 0.1) is 5.92 Å². The molecule has 3 fully saturated rings. The molecule has 0 unspecified atom stereocenters. The van der Waals surface area contributed by atoms with Gasteiger partial charge in [-0.15, -0.1) is 11.3 Å². The lowest BCUT2D eigenvalue weighted by Gasteiger charge is -2.40. The van der Waals surface area contributed by atoms with Crippen LogP contribution in [0.4, 0.5) is 5.13 Å². The zero-order valence-electron chi connectivity index (χ0n) is 19.7. The highest BCUT2D eigenvalue weighted by molar-refractivity contribution is 7.80. The summed E-state index contributed by atoms with van der Waals surface area (Å²) in [5.41, 5.74) is 0. The SMILES string of the molecule is O=C(Nc1nccs1)[C@H](CC1CCCCC1)N1CCN(C(=S)NCCN2CCOCC2)CC1=O. The van der Waals surface area contributed by atoms with Crippen molar-refractivity contribution in [1.29, 1.82) is 0 Å². The molecule has 1 aromatic rings. The van der Waals surface area contributed by atoms with Gasteiger partial charge in [0.15, 0.2) is 10.2 Å². The summed E-state index contributed by atoms with van der Waals surface area (Å²) in [6, 6.07) is -0.468. The molecule has 2 amide bonds. The number of hydrogen-bond acceptors (Lipinski definition) is 7. The molecule has 0 bridgehead atoms. The van der Waals surface area contributed by atoms with Gasteiger partial charge < -0.3 is 25.2 Å². The van der Waals surface area contributed by atoms with Gasteiger partial charge >= 0.3 is 0 Å². The van der Waals surface area contributed by atoms with Crippen molar-refractivity contribution in [2.75, 3.05) is 64.3 Å². The fourth-order valence-corrected chi connectivity index (χ4v) is 5.82. The number of nitrogens with zero attached hydrogens (tertiary/aromatic N) is 4. The summed E-state index contributed by atoms with van der Waals surface area (Å²) in [5.74, 6) is 0.307. The fourth-order valence-electron chi connectivity index (χ4n) is 5.04. The first kappa shape index (κ1) is 25.3. The van der Waals surface area contributed by atoms with Gasteiger partial charge in [0.25, 0.3) is 0 Å². The highest BCUT2D eigenvalue weighted by Crippen LogP contribution is 2.29. The number of aromatic nitrogens is 1. The molecule has 1 atom stereocenters. The Morgan fingerprint density at radius 2 is 2.00 bits per heavy atom. The number of nitrogens with one attached hydrogen (secondary N) is 2. The molecule has 3 aliphatic rings. The lowest BCUT2D eigenvalue weighted by atomic mass is 9.84. The minimum absolute atomic E-state index is 0.0429. The van der Waals surface area contributed by atoms with E-state index in [0.29, 0.717) is 35.7 Å². The van der Waals surface area contributed by atoms with Crippen molar-refractivity contribution >= 4 is 45.6 Å². The molecule has 4 rings (SSSR count). The van der Waals surface area contributed by atoms with Crippen LogP contribution in [-0.2, 0) is 14.3 Å². The number of morpholine rings is 1. The predicted molar refractivity (Wildman–Crippen MR) is 137 cm³/mol. The molecule has 1 aliphatic carbocycles. The zero-order valence-corrected chi connectivity index (χ0v) is 21.4. The third-order valence-electron chi connectivity index (χ3n) is 6.98. The van der Waals surface area contributed by atoms with Gasteiger partial charge in [-0.05, 0) is 24.6 Å². The van der Waals surface area contributed by atoms with E-state index in [2.05, 4.69) is 20.5 Å². The number of thiocarbonyl (C=S) groups is 1. The van der Waals surface area contributed by atoms with Crippen molar-refractivity contribution in [3.8, 4) is 0 Å². The third kappa shape index (κ3) is 7.10. The molecule has 9 nitrogen and oxygen atoms in total. The van der Waals surface area contributed by atoms with Crippen molar-refractivity contribution in [2.24, 2.45) is 5.92 Å². The van der Waals surface area contributed by atoms with Crippen LogP contribution < -0.4 is 10.6 Å². The van der Waals surface area contributed by atoms with Crippen LogP contribution in [0.2, 0.25) is 0 Å². The van der Waals surface area contributed by atoms with Crippen LogP contribution in [0.3, 0.4) is 0 Å². The predicted octanol–water partition coefficient (Wildman–Crippen LogP) is 1.77. The van der Waals surface area contributed by atoms with Crippen LogP contribution >= 0.6 is 23.6 Å². The Kier molecular flexibility index (Phi) is 9.49. The summed E-state index contributed by atoms with van der Waals surface area (Å²) in [4.78, 5) is 36.7. The van der Waals surface area contributed by atoms with Crippen LogP contribution in [0.5, 0.6) is 0 Å². The summed E-state index contributed by atoms with van der Waals surface area (Å²) in [5, 5.41) is 9.26. The van der Waals surface area contributed by atoms with E-state index >= 15 is 0 Å². The second-order valence-corrected chi connectivity index (χ2v) is 10.6. The summed E-state index contributed by atoms with van der Waals surface area (Å²) in [6.07, 6.45) is 8.33. The molecule has 1 aromatic heterocycles. The Morgan fingerprint density at radius 1 is 1.21 bits per heavy atom. The van der Waals surface area contributed by atoms with Gasteiger partial charge in [0, 0.05) is 50.8 Å². The van der Waals surface area contributed by atoms with Crippen LogP contribution in [0.1, 0.15) is 38.5 Å². The molecule has 2 saturated heterocycles. The summed E-state index contributed by atoms with van der Waals surface area (Å²) in [7, 11) is 0. The monoisotopic (exact) mass is 508 g/mol. The first-order chi connectivity index (χ1) is 16.6. The van der Waals surface area contributed by atoms with E-state index < -0.39 is 6.04 Å². The zero-order chi connectivity index (χ0) is 23.8. The molecular weight excluding hydrogens is 472 g/mol. The van der Waals surface area contributed by atoms with Crippen molar-refractivity contribution in [1.82, 2.24) is 25.0 Å². The number of anilines is 1. The van der Waals surface area contributed by atoms with E-state index in [1.807, 2.05) is 10.3 Å². The van der Waals surface area contributed by atoms with Crippen molar-refractivity contribution in [3.05, 3.63) is 11.6 Å². The lowest BCUT2D eigenvalue weighted by molar-refractivity contribution is -0.142. The maximum atomic E-state index is 13.2. The number of rotatable bonds is 8. The molecule has 11 heteroatoms. The third-order valence-corrected chi connectivity index (χ3v) is 8.07. The van der Waals surface area contributed by atoms with Crippen LogP contribution in [-0.4, -0.2) is 102 Å². The molecule has 3 heterocycles. The first-order valence-corrected chi connectivity index (χ1v) is 13.7. The summed E-state index contributed by atoms with van der Waals surface area (Å²) in [6.45, 7) is 6.40. The van der Waals surface area contributed by atoms with Crippen molar-refractivity contribution < 1.29 is 14.3 Å². The van der Waals surface area contributed by atoms with Gasteiger partial charge in [0.05, 0.1) is 19.8 Å². The molecule has 0 radical (unpaired) electrons. The summed E-state index contributed by atoms with van der Waals surface area (Å²) >= 11 is 6.97. The lowest BCUT2D eigenvalue weighted by Crippen LogP contribution is -2.59. The van der Waals surface area contributed by atoms with Gasteiger partial charge in [-0.1, -0.05) is 32.1 Å². The average molecular weight is 509 g/mol. The fraction of sp³-hybridized carbons (Fsp3) is 0.739. The van der Waals surface area contributed by atoms with Crippen molar-refractivity contribution in [2.45, 2.75) is 44.6 Å². The van der Waals surface area contributed by atoms with Gasteiger partial charge in [-0.3, -0.25) is 14.5 Å². The number of carbonyl (C=O) groups excluding carboxylic acids is 2. The number of piperazine rings is 1. The molecule has 2 aliphatic heterocycles. The maximum absolute atomic E-state index is 13.2. The second-order valence-electron chi connectivity index (χ2n) is 9.28. The van der Waals surface area contributed by atoms with Gasteiger partial charge in [0.2, 0.25) is 11.8 Å². The topological polar surface area (TPSA) is 90.0 Å². The van der Waals surface area contributed by atoms with Crippen molar-refractivity contribution in [3.63, 3.8) is 0 Å². The number of carbonyl (C=O) groups is 2. The van der Waals surface area contributed by atoms with E-state index in [0.717, 1.165) is 52.2 Å². The molecule has 0 spiro atoms. The van der Waals surface area contributed by atoms with E-state index in [4.69, 9.17) is 17.0 Å². The summed E-state index contributed by atoms with van der Waals surface area (Å²) < 4.78 is 5.39. The molecule has 1 saturated carbocycles. The highest BCUT2D eigenvalue weighted by Gasteiger charge is 2.36. The smallest absolute Gasteiger partial charge is 0.248 e. The minimum atomic E-state index is -0.468. The number of hydrogen-bond donors (Lipinski definition) is 2. The van der Waals surface area contributed by atoms with E-state index in [-0.39, 0.29) is 18.4 Å². The molecule has 0 aromatic carbocycles. The highest BCUT2D eigenvalue weighted by atomic mass is 32.1. The standard InChI is InChI=1S/C23H36N6O3S2/c30-20-17-28(23(33)25-6-8-27-11-13-32-14-12-27)9-10-29(20)19(16-18-4-2-1-3-5-18)21(31)26-22-24-7-15-34-22/h7,15,18-19H,1-6,8-14,16-17H2,(H,25,33)(H,24,26,31)/t19-/m0/s1. The van der Waals surface area contributed by atoms with Gasteiger partial charge in [0.1, 0.15) is 6.04 Å². The Balaban J connectivity index is 1.31. The maximum Gasteiger partial charge on any atom is 0.248 e. The van der Waals surface area contributed by atoms with Crippen LogP contribution in [0.15, 0.2) is 11.6 Å². The Bertz CT molecular complexity index is 812. The van der Waals surface area contributed by atoms with E-state index in [1.54, 1.807) is 11.1 Å². The largest absolute Gasteiger partial charge is 0.379 e. The molecular formula is C23H36N6O3S2. The quantitative estimate of drug-likeness (QED) is 0.514. The number of amides is 2. The van der Waals surface area contributed by atoms with E-state index in [1.165, 1.54) is 30.6 Å². The minimum Gasteiger partial charge on any atom is -0.379 e. The Labute approximate surface area is 211 Å². The number of thiazole rings is 1. The first-order valence-electron chi connectivity index (χ1n) is 12.4. The average Bonchev–Trinajstić information content (AvgIpc) is 3.37. The van der Waals surface area contributed by atoms with Gasteiger partial charge in [-0.25, -0.2) is 4.98 Å². The van der Waals surface area contributed by atoms with Gasteiger partial charge in [-0.2, -0.15) is 0 Å². The second kappa shape index (κ2) is 12.8.